The van der Waals surface area contributed by atoms with Crippen LogP contribution in [-0.4, -0.2) is 0 Å². The van der Waals surface area contributed by atoms with Crippen LogP contribution in [0.5, 0.6) is 0 Å². The van der Waals surface area contributed by atoms with Gasteiger partial charge in [0.15, 0.2) is 0 Å². The molecule has 6 heavy (non-hydrogen) atoms. The molecule has 33 valence electrons. The number of allylic oxidation sites excluding steroid dienone is 4. The van der Waals surface area contributed by atoms with Crippen LogP contribution in [-0.2, 0) is 24.7 Å². The number of rotatable bonds is 0. The second kappa shape index (κ2) is 1.88. The van der Waals surface area contributed by atoms with Crippen LogP contribution in [0.2, 0.25) is 0 Å². The van der Waals surface area contributed by atoms with E-state index in [1.165, 1.54) is 6.42 Å². The van der Waals surface area contributed by atoms with Gasteiger partial charge in [0.05, 0.1) is 0 Å². The molecule has 0 N–H and O–H groups in total. The summed E-state index contributed by atoms with van der Waals surface area (Å²) in [4.78, 5) is 0. The summed E-state index contributed by atoms with van der Waals surface area (Å²) in [6.07, 6.45) is 7.69. The molecule has 0 aromatic carbocycles. The van der Waals surface area contributed by atoms with E-state index in [2.05, 4.69) is 18.2 Å². The minimum absolute atomic E-state index is 0. The van der Waals surface area contributed by atoms with Gasteiger partial charge >= 0.3 is 52.6 Å². The Labute approximate surface area is 55.8 Å². The first-order valence-electron chi connectivity index (χ1n) is 1.97. The summed E-state index contributed by atoms with van der Waals surface area (Å²) in [6, 6.07) is 0. The average Bonchev–Trinajstić information content (AvgIpc) is 1.86. The molecule has 1 heteroatoms. The van der Waals surface area contributed by atoms with Crippen molar-refractivity contribution < 1.29 is 27.6 Å². The fourth-order valence-electron chi connectivity index (χ4n) is 0.447. The SMILES string of the molecule is [H-].[H-].[Zr][C]1=CC=CC1. The predicted octanol–water partition coefficient (Wildman–Crippen LogP) is 1.60. The van der Waals surface area contributed by atoms with Gasteiger partial charge in [-0.15, -0.1) is 0 Å². The molecule has 0 aromatic heterocycles. The molecule has 0 bridgehead atoms. The Hall–Kier alpha value is 0.363. The zero-order chi connectivity index (χ0) is 4.41. The normalized spacial score (nSPS) is 18.2. The van der Waals surface area contributed by atoms with Gasteiger partial charge in [-0.05, 0) is 0 Å². The van der Waals surface area contributed by atoms with Crippen molar-refractivity contribution in [3.63, 3.8) is 0 Å². The van der Waals surface area contributed by atoms with Crippen molar-refractivity contribution >= 4 is 0 Å². The Morgan fingerprint density at radius 1 is 1.83 bits per heavy atom. The minimum atomic E-state index is 0. The summed E-state index contributed by atoms with van der Waals surface area (Å²) in [6.45, 7) is 0. The van der Waals surface area contributed by atoms with Crippen LogP contribution in [0.3, 0.4) is 0 Å². The van der Waals surface area contributed by atoms with Crippen molar-refractivity contribution in [2.24, 2.45) is 0 Å². The summed E-state index contributed by atoms with van der Waals surface area (Å²) in [5.74, 6) is 0. The predicted molar refractivity (Wildman–Crippen MR) is 24.1 cm³/mol. The molecule has 0 unspecified atom stereocenters. The Morgan fingerprint density at radius 2 is 2.67 bits per heavy atom. The fourth-order valence-corrected chi connectivity index (χ4v) is 0.973. The van der Waals surface area contributed by atoms with Gasteiger partial charge in [-0.25, -0.2) is 0 Å². The van der Waals surface area contributed by atoms with Crippen molar-refractivity contribution in [3.8, 4) is 0 Å². The quantitative estimate of drug-likeness (QED) is 0.502. The van der Waals surface area contributed by atoms with E-state index in [0.717, 1.165) is 0 Å². The van der Waals surface area contributed by atoms with Gasteiger partial charge in [0.1, 0.15) is 0 Å². The van der Waals surface area contributed by atoms with E-state index >= 15 is 0 Å². The Balaban J connectivity index is 0. The van der Waals surface area contributed by atoms with Gasteiger partial charge in [-0.2, -0.15) is 0 Å². The van der Waals surface area contributed by atoms with Crippen molar-refractivity contribution in [2.45, 2.75) is 6.42 Å². The van der Waals surface area contributed by atoms with E-state index in [1.807, 2.05) is 0 Å². The molecule has 0 spiro atoms. The first-order chi connectivity index (χ1) is 2.89. The molecule has 0 radical (unpaired) electrons. The topological polar surface area (TPSA) is 0 Å². The van der Waals surface area contributed by atoms with Gasteiger partial charge in [0.25, 0.3) is 0 Å². The second-order valence-electron chi connectivity index (χ2n) is 1.32. The molecule has 1 aliphatic rings. The molecule has 1 rings (SSSR count). The third-order valence-corrected chi connectivity index (χ3v) is 1.68. The molecule has 0 aromatic rings. The van der Waals surface area contributed by atoms with Crippen molar-refractivity contribution in [1.29, 1.82) is 0 Å². The van der Waals surface area contributed by atoms with Crippen LogP contribution in [0.25, 0.3) is 0 Å². The molecule has 0 fully saturated rings. The maximum atomic E-state index is 2.18. The second-order valence-corrected chi connectivity index (χ2v) is 2.90. The van der Waals surface area contributed by atoms with Gasteiger partial charge in [-0.1, -0.05) is 0 Å². The third kappa shape index (κ3) is 0.910. The van der Waals surface area contributed by atoms with Crippen LogP contribution in [0, 0.1) is 0 Å². The van der Waals surface area contributed by atoms with Crippen LogP contribution in [0.1, 0.15) is 9.27 Å². The molecular weight excluding hydrogens is 151 g/mol. The van der Waals surface area contributed by atoms with Gasteiger partial charge in [0, 0.05) is 0 Å². The van der Waals surface area contributed by atoms with Crippen molar-refractivity contribution in [1.82, 2.24) is 0 Å². The third-order valence-electron chi connectivity index (χ3n) is 0.771. The van der Waals surface area contributed by atoms with E-state index in [-0.39, 0.29) is 2.85 Å². The molecule has 0 aliphatic heterocycles. The molecule has 1 aliphatic carbocycles. The van der Waals surface area contributed by atoms with E-state index in [0.29, 0.717) is 0 Å². The summed E-state index contributed by atoms with van der Waals surface area (Å²) in [5, 5.41) is 0. The standard InChI is InChI=1S/C5H5.Zr.2H/c1-2-4-5-3-1;;;/h1-3H,4H2;;;/q;;2*-1. The zero-order valence-corrected chi connectivity index (χ0v) is 5.90. The van der Waals surface area contributed by atoms with Crippen molar-refractivity contribution in [2.75, 3.05) is 0 Å². The maximum absolute atomic E-state index is 2.18. The van der Waals surface area contributed by atoms with E-state index in [4.69, 9.17) is 0 Å². The Bertz CT molecular complexity index is 107. The first-order valence-corrected chi connectivity index (χ1v) is 3.20. The molecule has 0 saturated carbocycles. The molecule has 0 heterocycles. The Kier molecular flexibility index (Phi) is 1.42. The molecule has 0 amide bonds. The van der Waals surface area contributed by atoms with Crippen LogP contribution in [0.4, 0.5) is 0 Å². The molecule has 0 saturated heterocycles. The van der Waals surface area contributed by atoms with Crippen LogP contribution < -0.4 is 0 Å². The number of hydrogen-bond donors (Lipinski definition) is 0. The molecule has 0 nitrogen and oxygen atoms in total. The van der Waals surface area contributed by atoms with Crippen LogP contribution >= 0.6 is 0 Å². The molecular formula is C5H7Zr-2. The summed E-state index contributed by atoms with van der Waals surface area (Å²) in [5.41, 5.74) is 0. The molecule has 0 atom stereocenters. The van der Waals surface area contributed by atoms with Crippen LogP contribution in [0.15, 0.2) is 21.5 Å². The average molecular weight is 158 g/mol. The summed E-state index contributed by atoms with van der Waals surface area (Å²) >= 11 is 1.56. The fraction of sp³-hybridized carbons (Fsp3) is 0.200. The number of hydrogen-bond acceptors (Lipinski definition) is 0. The monoisotopic (exact) mass is 157 g/mol. The zero-order valence-electron chi connectivity index (χ0n) is 5.44. The van der Waals surface area contributed by atoms with Crippen molar-refractivity contribution in [3.05, 3.63) is 21.5 Å². The van der Waals surface area contributed by atoms with Gasteiger partial charge in [0.2, 0.25) is 0 Å². The summed E-state index contributed by atoms with van der Waals surface area (Å²) < 4.78 is 1.56. The Morgan fingerprint density at radius 3 is 2.83 bits per heavy atom. The summed E-state index contributed by atoms with van der Waals surface area (Å²) in [7, 11) is 0. The van der Waals surface area contributed by atoms with E-state index in [9.17, 15) is 0 Å². The van der Waals surface area contributed by atoms with E-state index in [1.54, 1.807) is 28.0 Å². The van der Waals surface area contributed by atoms with E-state index < -0.39 is 0 Å². The first kappa shape index (κ1) is 4.52. The van der Waals surface area contributed by atoms with Gasteiger partial charge in [-0.3, -0.25) is 0 Å². The van der Waals surface area contributed by atoms with Gasteiger partial charge < -0.3 is 2.85 Å².